The van der Waals surface area contributed by atoms with Crippen LogP contribution >= 0.6 is 39.9 Å². The van der Waals surface area contributed by atoms with Crippen LogP contribution < -0.4 is 0 Å². The van der Waals surface area contributed by atoms with Crippen molar-refractivity contribution >= 4 is 45.8 Å². The molecule has 0 fully saturated rings. The second-order valence-corrected chi connectivity index (χ2v) is 5.79. The fourth-order valence-electron chi connectivity index (χ4n) is 1.01. The molecule has 0 unspecified atom stereocenters. The first-order chi connectivity index (χ1) is 6.63. The number of rotatable bonds is 4. The van der Waals surface area contributed by atoms with E-state index in [9.17, 15) is 4.79 Å². The fourth-order valence-corrected chi connectivity index (χ4v) is 2.72. The number of thiol groups is 1. The van der Waals surface area contributed by atoms with Crippen LogP contribution in [0.15, 0.2) is 15.9 Å². The number of hydrogen-bond acceptors (Lipinski definition) is 3. The van der Waals surface area contributed by atoms with E-state index < -0.39 is 0 Å². The molecule has 0 saturated heterocycles. The quantitative estimate of drug-likeness (QED) is 0.846. The van der Waals surface area contributed by atoms with Crippen LogP contribution in [0.4, 0.5) is 0 Å². The summed E-state index contributed by atoms with van der Waals surface area (Å²) in [7, 11) is 1.81. The Morgan fingerprint density at radius 1 is 1.64 bits per heavy atom. The molecular weight excluding hydrogens is 282 g/mol. The van der Waals surface area contributed by atoms with Crippen molar-refractivity contribution in [2.75, 3.05) is 19.3 Å². The van der Waals surface area contributed by atoms with E-state index in [2.05, 4.69) is 34.6 Å². The summed E-state index contributed by atoms with van der Waals surface area (Å²) in [5.74, 6) is 0.355. The number of thiophene rings is 1. The first-order valence-electron chi connectivity index (χ1n) is 4.22. The van der Waals surface area contributed by atoms with Crippen LogP contribution in [-0.4, -0.2) is 30.2 Å². The Labute approximate surface area is 102 Å². The van der Waals surface area contributed by atoms with E-state index in [0.717, 1.165) is 16.8 Å². The molecule has 0 aliphatic carbocycles. The summed E-state index contributed by atoms with van der Waals surface area (Å²) in [4.78, 5) is 14.2. The van der Waals surface area contributed by atoms with E-state index in [-0.39, 0.29) is 11.7 Å². The first-order valence-corrected chi connectivity index (χ1v) is 6.46. The molecule has 0 bridgehead atoms. The Morgan fingerprint density at radius 2 is 2.36 bits per heavy atom. The van der Waals surface area contributed by atoms with E-state index in [1.54, 1.807) is 23.3 Å². The fraction of sp³-hybridized carbons (Fsp3) is 0.444. The van der Waals surface area contributed by atoms with Crippen molar-refractivity contribution in [3.05, 3.63) is 20.8 Å². The lowest BCUT2D eigenvalue weighted by atomic mass is 10.3. The van der Waals surface area contributed by atoms with Crippen LogP contribution in [0.2, 0.25) is 0 Å². The van der Waals surface area contributed by atoms with Gasteiger partial charge in [-0.05, 0) is 34.5 Å². The van der Waals surface area contributed by atoms with Gasteiger partial charge in [-0.1, -0.05) is 0 Å². The van der Waals surface area contributed by atoms with Gasteiger partial charge in [0.2, 0.25) is 5.91 Å². The third-order valence-electron chi connectivity index (χ3n) is 1.88. The second-order valence-electron chi connectivity index (χ2n) is 2.93. The van der Waals surface area contributed by atoms with Crippen molar-refractivity contribution in [3.8, 4) is 0 Å². The van der Waals surface area contributed by atoms with Gasteiger partial charge in [-0.3, -0.25) is 4.79 Å². The molecule has 0 saturated carbocycles. The van der Waals surface area contributed by atoms with Crippen molar-refractivity contribution in [2.24, 2.45) is 0 Å². The molecule has 5 heteroatoms. The number of halogens is 1. The number of likely N-dealkylation sites (N-methyl/N-ethyl adjacent to an activating group) is 1. The highest BCUT2D eigenvalue weighted by molar-refractivity contribution is 9.11. The van der Waals surface area contributed by atoms with E-state index in [1.807, 2.05) is 6.07 Å². The van der Waals surface area contributed by atoms with Gasteiger partial charge in [-0.15, -0.1) is 11.3 Å². The molecule has 0 aromatic carbocycles. The molecule has 1 aromatic heterocycles. The summed E-state index contributed by atoms with van der Waals surface area (Å²) in [6.07, 6.45) is 0.909. The number of hydrogen-bond donors (Lipinski definition) is 1. The minimum absolute atomic E-state index is 0.0731. The highest BCUT2D eigenvalue weighted by Crippen LogP contribution is 2.22. The van der Waals surface area contributed by atoms with Crippen LogP contribution in [0.3, 0.4) is 0 Å². The SMILES string of the molecule is CN(CCc1ccc(Br)s1)C(=O)CS. The molecule has 2 nitrogen and oxygen atoms in total. The van der Waals surface area contributed by atoms with E-state index in [1.165, 1.54) is 4.88 Å². The van der Waals surface area contributed by atoms with Crippen molar-refractivity contribution in [1.29, 1.82) is 0 Å². The predicted molar refractivity (Wildman–Crippen MR) is 67.2 cm³/mol. The van der Waals surface area contributed by atoms with Crippen LogP contribution in [0.1, 0.15) is 4.88 Å². The molecule has 0 aliphatic heterocycles. The Bertz CT molecular complexity index is 314. The van der Waals surface area contributed by atoms with Crippen molar-refractivity contribution in [3.63, 3.8) is 0 Å². The molecule has 0 N–H and O–H groups in total. The third kappa shape index (κ3) is 3.63. The van der Waals surface area contributed by atoms with Crippen LogP contribution in [0.25, 0.3) is 0 Å². The zero-order chi connectivity index (χ0) is 10.6. The van der Waals surface area contributed by atoms with Gasteiger partial charge in [0, 0.05) is 18.5 Å². The van der Waals surface area contributed by atoms with Crippen molar-refractivity contribution < 1.29 is 4.79 Å². The Balaban J connectivity index is 2.37. The molecule has 0 aliphatic rings. The van der Waals surface area contributed by atoms with Crippen LogP contribution in [0.5, 0.6) is 0 Å². The van der Waals surface area contributed by atoms with Crippen LogP contribution in [-0.2, 0) is 11.2 Å². The molecule has 1 rings (SSSR count). The van der Waals surface area contributed by atoms with Gasteiger partial charge in [0.15, 0.2) is 0 Å². The largest absolute Gasteiger partial charge is 0.345 e. The summed E-state index contributed by atoms with van der Waals surface area (Å²) >= 11 is 9.06. The maximum absolute atomic E-state index is 11.2. The zero-order valence-electron chi connectivity index (χ0n) is 7.86. The van der Waals surface area contributed by atoms with Gasteiger partial charge in [-0.2, -0.15) is 12.6 Å². The highest BCUT2D eigenvalue weighted by atomic mass is 79.9. The average Bonchev–Trinajstić information content (AvgIpc) is 2.59. The van der Waals surface area contributed by atoms with Gasteiger partial charge < -0.3 is 4.90 Å². The van der Waals surface area contributed by atoms with Gasteiger partial charge in [0.25, 0.3) is 0 Å². The molecule has 0 spiro atoms. The highest BCUT2D eigenvalue weighted by Gasteiger charge is 2.06. The minimum atomic E-state index is 0.0731. The maximum Gasteiger partial charge on any atom is 0.232 e. The summed E-state index contributed by atoms with van der Waals surface area (Å²) in [6, 6.07) is 4.11. The minimum Gasteiger partial charge on any atom is -0.345 e. The number of carbonyl (C=O) groups excluding carboxylic acids is 1. The summed E-state index contributed by atoms with van der Waals surface area (Å²) < 4.78 is 1.13. The van der Waals surface area contributed by atoms with Gasteiger partial charge in [0.05, 0.1) is 9.54 Å². The third-order valence-corrected chi connectivity index (χ3v) is 3.84. The van der Waals surface area contributed by atoms with Crippen molar-refractivity contribution in [2.45, 2.75) is 6.42 Å². The van der Waals surface area contributed by atoms with E-state index in [4.69, 9.17) is 0 Å². The predicted octanol–water partition coefficient (Wildman–Crippen LogP) is 2.44. The average molecular weight is 294 g/mol. The molecule has 0 atom stereocenters. The van der Waals surface area contributed by atoms with E-state index >= 15 is 0 Å². The lowest BCUT2D eigenvalue weighted by Crippen LogP contribution is -2.29. The summed E-state index contributed by atoms with van der Waals surface area (Å²) in [6.45, 7) is 0.756. The standard InChI is InChI=1S/C9H12BrNOS2/c1-11(9(12)6-13)5-4-7-2-3-8(10)14-7/h2-3,13H,4-6H2,1H3. The molecule has 14 heavy (non-hydrogen) atoms. The van der Waals surface area contributed by atoms with Crippen LogP contribution in [0, 0.1) is 0 Å². The Hall–Kier alpha value is -0.000000000000000111. The number of carbonyl (C=O) groups is 1. The molecule has 1 aromatic rings. The number of nitrogens with zero attached hydrogens (tertiary/aromatic N) is 1. The maximum atomic E-state index is 11.2. The zero-order valence-corrected chi connectivity index (χ0v) is 11.2. The van der Waals surface area contributed by atoms with Gasteiger partial charge in [-0.25, -0.2) is 0 Å². The molecule has 1 heterocycles. The lowest BCUT2D eigenvalue weighted by Gasteiger charge is -2.14. The van der Waals surface area contributed by atoms with Gasteiger partial charge in [0.1, 0.15) is 0 Å². The van der Waals surface area contributed by atoms with Gasteiger partial charge >= 0.3 is 0 Å². The topological polar surface area (TPSA) is 20.3 Å². The lowest BCUT2D eigenvalue weighted by molar-refractivity contribution is -0.127. The summed E-state index contributed by atoms with van der Waals surface area (Å²) in [5.41, 5.74) is 0. The van der Waals surface area contributed by atoms with E-state index in [0.29, 0.717) is 0 Å². The monoisotopic (exact) mass is 293 g/mol. The number of amides is 1. The Morgan fingerprint density at radius 3 is 2.86 bits per heavy atom. The van der Waals surface area contributed by atoms with Crippen molar-refractivity contribution in [1.82, 2.24) is 4.90 Å². The molecule has 78 valence electrons. The molecule has 0 radical (unpaired) electrons. The summed E-state index contributed by atoms with van der Waals surface area (Å²) in [5, 5.41) is 0. The Kier molecular flexibility index (Phi) is 4.98. The second kappa shape index (κ2) is 5.78. The first kappa shape index (κ1) is 12.1. The smallest absolute Gasteiger partial charge is 0.232 e. The normalized spacial score (nSPS) is 10.2. The molecule has 1 amide bonds. The molecular formula is C9H12BrNOS2.